The lowest BCUT2D eigenvalue weighted by atomic mass is 10.1. The van der Waals surface area contributed by atoms with E-state index in [0.717, 1.165) is 31.7 Å². The molecule has 1 unspecified atom stereocenters. The Labute approximate surface area is 243 Å². The number of hydrogen-bond donors (Lipinski definition) is 4. The van der Waals surface area contributed by atoms with Crippen molar-refractivity contribution < 1.29 is 19.1 Å². The number of likely N-dealkylation sites (tertiary alicyclic amines) is 1. The zero-order valence-corrected chi connectivity index (χ0v) is 25.0. The van der Waals surface area contributed by atoms with Gasteiger partial charge in [0.2, 0.25) is 0 Å². The molecule has 0 aliphatic carbocycles. The number of pyridine rings is 1. The maximum Gasteiger partial charge on any atom is 0.412 e. The van der Waals surface area contributed by atoms with Crippen LogP contribution in [0.2, 0.25) is 0 Å². The van der Waals surface area contributed by atoms with Gasteiger partial charge in [-0.2, -0.15) is 0 Å². The van der Waals surface area contributed by atoms with Gasteiger partial charge in [0, 0.05) is 19.3 Å². The van der Waals surface area contributed by atoms with E-state index in [9.17, 15) is 14.4 Å². The first-order chi connectivity index (χ1) is 19.5. The van der Waals surface area contributed by atoms with E-state index in [1.54, 1.807) is 63.4 Å². The van der Waals surface area contributed by atoms with Crippen LogP contribution < -0.4 is 21.3 Å². The Morgan fingerprint density at radius 2 is 1.68 bits per heavy atom. The van der Waals surface area contributed by atoms with Crippen LogP contribution in [-0.2, 0) is 4.74 Å². The molecule has 0 bridgehead atoms. The molecule has 1 aromatic heterocycles. The molecule has 1 aromatic carbocycles. The average Bonchev–Trinajstić information content (AvgIpc) is 2.91. The van der Waals surface area contributed by atoms with Crippen LogP contribution in [0.25, 0.3) is 0 Å². The second kappa shape index (κ2) is 15.3. The van der Waals surface area contributed by atoms with Crippen LogP contribution in [0.5, 0.6) is 0 Å². The summed E-state index contributed by atoms with van der Waals surface area (Å²) in [5.74, 6) is -0.428. The van der Waals surface area contributed by atoms with E-state index in [4.69, 9.17) is 4.74 Å². The summed E-state index contributed by atoms with van der Waals surface area (Å²) in [6.45, 7) is 9.71. The van der Waals surface area contributed by atoms with Crippen molar-refractivity contribution in [1.82, 2.24) is 25.4 Å². The SMILES string of the molecule is CN(C)CCC(NC(=O)NCCN1CCCCC1)c1ccc(C(=O)Nc2ccccc2NC(=O)OC(C)(C)C)nc1. The summed E-state index contributed by atoms with van der Waals surface area (Å²) in [7, 11) is 3.97. The van der Waals surface area contributed by atoms with Gasteiger partial charge in [-0.1, -0.05) is 24.6 Å². The number of hydrogen-bond acceptors (Lipinski definition) is 7. The number of piperidine rings is 1. The van der Waals surface area contributed by atoms with Gasteiger partial charge in [-0.3, -0.25) is 15.1 Å². The second-order valence-electron chi connectivity index (χ2n) is 11.6. The molecule has 11 heteroatoms. The Hall–Kier alpha value is -3.70. The zero-order valence-electron chi connectivity index (χ0n) is 25.0. The lowest BCUT2D eigenvalue weighted by molar-refractivity contribution is 0.0635. The van der Waals surface area contributed by atoms with E-state index in [-0.39, 0.29) is 17.8 Å². The minimum absolute atomic E-state index is 0.207. The quantitative estimate of drug-likeness (QED) is 0.316. The van der Waals surface area contributed by atoms with Crippen molar-refractivity contribution in [2.24, 2.45) is 0 Å². The number of para-hydroxylation sites is 2. The average molecular weight is 568 g/mol. The number of benzene rings is 1. The van der Waals surface area contributed by atoms with Gasteiger partial charge in [-0.15, -0.1) is 0 Å². The summed E-state index contributed by atoms with van der Waals surface area (Å²) in [5.41, 5.74) is 1.19. The molecule has 4 N–H and O–H groups in total. The smallest absolute Gasteiger partial charge is 0.412 e. The van der Waals surface area contributed by atoms with Gasteiger partial charge < -0.3 is 30.5 Å². The van der Waals surface area contributed by atoms with Crippen LogP contribution in [0.4, 0.5) is 21.0 Å². The Kier molecular flexibility index (Phi) is 11.9. The van der Waals surface area contributed by atoms with Gasteiger partial charge in [0.1, 0.15) is 11.3 Å². The van der Waals surface area contributed by atoms with E-state index in [2.05, 4.69) is 36.1 Å². The summed E-state index contributed by atoms with van der Waals surface area (Å²) in [5, 5.41) is 11.5. The molecule has 1 fully saturated rings. The number of carbonyl (C=O) groups is 3. The largest absolute Gasteiger partial charge is 0.444 e. The highest BCUT2D eigenvalue weighted by atomic mass is 16.6. The van der Waals surface area contributed by atoms with Crippen LogP contribution in [-0.4, -0.2) is 85.2 Å². The number of nitrogens with zero attached hydrogens (tertiary/aromatic N) is 3. The lowest BCUT2D eigenvalue weighted by Crippen LogP contribution is -2.43. The summed E-state index contributed by atoms with van der Waals surface area (Å²) in [4.78, 5) is 46.8. The van der Waals surface area contributed by atoms with Gasteiger partial charge in [0.05, 0.1) is 17.4 Å². The molecule has 11 nitrogen and oxygen atoms in total. The predicted octanol–water partition coefficient (Wildman–Crippen LogP) is 4.46. The summed E-state index contributed by atoms with van der Waals surface area (Å²) < 4.78 is 5.32. The van der Waals surface area contributed by atoms with Gasteiger partial charge in [-0.25, -0.2) is 9.59 Å². The van der Waals surface area contributed by atoms with Crippen molar-refractivity contribution in [1.29, 1.82) is 0 Å². The number of rotatable bonds is 11. The fourth-order valence-corrected chi connectivity index (χ4v) is 4.48. The summed E-state index contributed by atoms with van der Waals surface area (Å²) in [6, 6.07) is 9.82. The van der Waals surface area contributed by atoms with Crippen LogP contribution in [0, 0.1) is 0 Å². The third-order valence-electron chi connectivity index (χ3n) is 6.56. The monoisotopic (exact) mass is 567 g/mol. The Morgan fingerprint density at radius 3 is 2.29 bits per heavy atom. The molecular formula is C30H45N7O4. The number of ether oxygens (including phenoxy) is 1. The molecule has 0 spiro atoms. The molecule has 2 aromatic rings. The van der Waals surface area contributed by atoms with Gasteiger partial charge in [-0.05, 0) is 97.5 Å². The van der Waals surface area contributed by atoms with Gasteiger partial charge in [0.15, 0.2) is 0 Å². The maximum atomic E-state index is 13.0. The molecule has 4 amide bonds. The van der Waals surface area contributed by atoms with Gasteiger partial charge >= 0.3 is 12.1 Å². The molecule has 41 heavy (non-hydrogen) atoms. The van der Waals surface area contributed by atoms with E-state index >= 15 is 0 Å². The van der Waals surface area contributed by atoms with E-state index in [1.807, 2.05) is 14.1 Å². The topological polar surface area (TPSA) is 128 Å². The number of anilines is 2. The first kappa shape index (κ1) is 31.8. The third kappa shape index (κ3) is 11.4. The molecule has 3 rings (SSSR count). The van der Waals surface area contributed by atoms with Crippen LogP contribution in [0.15, 0.2) is 42.6 Å². The van der Waals surface area contributed by atoms with E-state index in [0.29, 0.717) is 24.3 Å². The van der Waals surface area contributed by atoms with Crippen molar-refractivity contribution in [3.63, 3.8) is 0 Å². The molecule has 0 saturated carbocycles. The number of amides is 4. The van der Waals surface area contributed by atoms with Crippen molar-refractivity contribution in [2.45, 2.75) is 58.1 Å². The standard InChI is InChI=1S/C30H45N7O4/c1-30(2,3)41-29(40)35-25-12-8-7-11-24(25)33-27(38)26-14-13-22(21-32-26)23(15-19-36(4)5)34-28(39)31-16-20-37-17-9-6-10-18-37/h7-8,11-14,21,23H,6,9-10,15-20H2,1-5H3,(H,33,38)(H,35,40)(H2,31,34,39). The Morgan fingerprint density at radius 1 is 1.00 bits per heavy atom. The lowest BCUT2D eigenvalue weighted by Gasteiger charge is -2.26. The third-order valence-corrected chi connectivity index (χ3v) is 6.56. The first-order valence-electron chi connectivity index (χ1n) is 14.3. The highest BCUT2D eigenvalue weighted by molar-refractivity contribution is 6.05. The molecule has 2 heterocycles. The van der Waals surface area contributed by atoms with E-state index in [1.165, 1.54) is 19.3 Å². The summed E-state index contributed by atoms with van der Waals surface area (Å²) in [6.07, 6.45) is 5.40. The Balaban J connectivity index is 1.61. The highest BCUT2D eigenvalue weighted by Crippen LogP contribution is 2.23. The second-order valence-corrected chi connectivity index (χ2v) is 11.6. The molecule has 0 radical (unpaired) electrons. The van der Waals surface area contributed by atoms with Crippen LogP contribution in [0.1, 0.15) is 68.5 Å². The zero-order chi connectivity index (χ0) is 29.8. The van der Waals surface area contributed by atoms with E-state index < -0.39 is 17.6 Å². The minimum atomic E-state index is -0.652. The number of urea groups is 1. The Bertz CT molecular complexity index is 1140. The van der Waals surface area contributed by atoms with Crippen molar-refractivity contribution >= 4 is 29.4 Å². The fourth-order valence-electron chi connectivity index (χ4n) is 4.48. The molecule has 1 saturated heterocycles. The maximum absolute atomic E-state index is 13.0. The molecular weight excluding hydrogens is 522 g/mol. The normalized spacial score (nSPS) is 14.7. The first-order valence-corrected chi connectivity index (χ1v) is 14.3. The number of nitrogens with one attached hydrogen (secondary N) is 4. The van der Waals surface area contributed by atoms with Crippen molar-refractivity contribution in [2.75, 3.05) is 57.5 Å². The molecule has 224 valence electrons. The summed E-state index contributed by atoms with van der Waals surface area (Å²) >= 11 is 0. The van der Waals surface area contributed by atoms with Crippen LogP contribution in [0.3, 0.4) is 0 Å². The minimum Gasteiger partial charge on any atom is -0.444 e. The molecule has 1 aliphatic heterocycles. The highest BCUT2D eigenvalue weighted by Gasteiger charge is 2.20. The van der Waals surface area contributed by atoms with Gasteiger partial charge in [0.25, 0.3) is 5.91 Å². The van der Waals surface area contributed by atoms with Crippen molar-refractivity contribution in [3.8, 4) is 0 Å². The fraction of sp³-hybridized carbons (Fsp3) is 0.533. The van der Waals surface area contributed by atoms with Crippen molar-refractivity contribution in [3.05, 3.63) is 53.9 Å². The number of aromatic nitrogens is 1. The van der Waals surface area contributed by atoms with Crippen LogP contribution >= 0.6 is 0 Å². The molecule has 1 atom stereocenters. The molecule has 1 aliphatic rings. The number of carbonyl (C=O) groups excluding carboxylic acids is 3. The predicted molar refractivity (Wildman–Crippen MR) is 161 cm³/mol.